The topological polar surface area (TPSA) is 63.4 Å². The van der Waals surface area contributed by atoms with Crippen LogP contribution in [0.2, 0.25) is 0 Å². The standard InChI is InChI=1S/C12H18F2N2O2S/c1-3-4-5-6-16(2)19(17,18)12-8-11(15)9(13)7-10(12)14/h7-8H,3-6,15H2,1-2H3. The Morgan fingerprint density at radius 2 is 1.84 bits per heavy atom. The lowest BCUT2D eigenvalue weighted by Gasteiger charge is -2.17. The maximum Gasteiger partial charge on any atom is 0.245 e. The van der Waals surface area contributed by atoms with Crippen LogP contribution >= 0.6 is 0 Å². The summed E-state index contributed by atoms with van der Waals surface area (Å²) in [7, 11) is -2.61. The molecule has 0 fully saturated rings. The average molecular weight is 292 g/mol. The number of halogens is 2. The molecule has 1 rings (SSSR count). The van der Waals surface area contributed by atoms with Crippen molar-refractivity contribution in [2.45, 2.75) is 31.1 Å². The monoisotopic (exact) mass is 292 g/mol. The lowest BCUT2D eigenvalue weighted by atomic mass is 10.2. The highest BCUT2D eigenvalue weighted by atomic mass is 32.2. The molecule has 7 heteroatoms. The van der Waals surface area contributed by atoms with E-state index in [1.54, 1.807) is 0 Å². The number of benzene rings is 1. The molecule has 0 radical (unpaired) electrons. The lowest BCUT2D eigenvalue weighted by Crippen LogP contribution is -2.29. The molecular weight excluding hydrogens is 274 g/mol. The van der Waals surface area contributed by atoms with Crippen molar-refractivity contribution in [1.29, 1.82) is 0 Å². The van der Waals surface area contributed by atoms with E-state index in [9.17, 15) is 17.2 Å². The summed E-state index contributed by atoms with van der Waals surface area (Å²) in [5, 5.41) is 0. The van der Waals surface area contributed by atoms with Crippen LogP contribution in [0.5, 0.6) is 0 Å². The number of nitrogen functional groups attached to an aromatic ring is 1. The summed E-state index contributed by atoms with van der Waals surface area (Å²) in [6.07, 6.45) is 2.52. The molecule has 0 heterocycles. The van der Waals surface area contributed by atoms with E-state index in [1.165, 1.54) is 7.05 Å². The van der Waals surface area contributed by atoms with Crippen LogP contribution < -0.4 is 5.73 Å². The maximum atomic E-state index is 13.6. The molecule has 0 atom stereocenters. The van der Waals surface area contributed by atoms with E-state index < -0.39 is 26.6 Å². The van der Waals surface area contributed by atoms with Crippen molar-refractivity contribution in [3.8, 4) is 0 Å². The van der Waals surface area contributed by atoms with Crippen LogP contribution in [-0.2, 0) is 10.0 Å². The van der Waals surface area contributed by atoms with E-state index in [0.717, 1.165) is 23.2 Å². The molecule has 0 saturated heterocycles. The summed E-state index contributed by atoms with van der Waals surface area (Å²) in [6, 6.07) is 1.30. The number of hydrogen-bond acceptors (Lipinski definition) is 3. The van der Waals surface area contributed by atoms with E-state index in [4.69, 9.17) is 5.73 Å². The van der Waals surface area contributed by atoms with Gasteiger partial charge in [-0.25, -0.2) is 21.5 Å². The average Bonchev–Trinajstić information content (AvgIpc) is 2.33. The molecule has 0 aromatic heterocycles. The molecule has 0 bridgehead atoms. The van der Waals surface area contributed by atoms with Gasteiger partial charge in [0.05, 0.1) is 5.69 Å². The number of unbranched alkanes of at least 4 members (excludes halogenated alkanes) is 2. The Bertz CT molecular complexity index is 547. The molecule has 0 aliphatic heterocycles. The molecule has 19 heavy (non-hydrogen) atoms. The smallest absolute Gasteiger partial charge is 0.245 e. The predicted molar refractivity (Wildman–Crippen MR) is 70.1 cm³/mol. The fourth-order valence-electron chi connectivity index (χ4n) is 1.62. The largest absolute Gasteiger partial charge is 0.396 e. The van der Waals surface area contributed by atoms with Gasteiger partial charge in [0.25, 0.3) is 0 Å². The maximum absolute atomic E-state index is 13.6. The molecule has 1 aromatic rings. The summed E-state index contributed by atoms with van der Waals surface area (Å²) in [5.41, 5.74) is 4.90. The molecule has 0 amide bonds. The summed E-state index contributed by atoms with van der Waals surface area (Å²) < 4.78 is 51.9. The Morgan fingerprint density at radius 3 is 2.42 bits per heavy atom. The van der Waals surface area contributed by atoms with Gasteiger partial charge in [-0.15, -0.1) is 0 Å². The van der Waals surface area contributed by atoms with Gasteiger partial charge in [0, 0.05) is 19.7 Å². The minimum atomic E-state index is -3.98. The van der Waals surface area contributed by atoms with E-state index in [1.807, 2.05) is 6.92 Å². The first-order valence-corrected chi connectivity index (χ1v) is 7.45. The third kappa shape index (κ3) is 3.63. The normalized spacial score (nSPS) is 12.1. The van der Waals surface area contributed by atoms with Gasteiger partial charge < -0.3 is 5.73 Å². The minimum Gasteiger partial charge on any atom is -0.396 e. The Morgan fingerprint density at radius 1 is 1.21 bits per heavy atom. The Kier molecular flexibility index (Phi) is 5.25. The highest BCUT2D eigenvalue weighted by Gasteiger charge is 2.25. The van der Waals surface area contributed by atoms with Crippen LogP contribution in [0.1, 0.15) is 26.2 Å². The highest BCUT2D eigenvalue weighted by Crippen LogP contribution is 2.23. The van der Waals surface area contributed by atoms with Crippen molar-refractivity contribution in [3.05, 3.63) is 23.8 Å². The molecule has 4 nitrogen and oxygen atoms in total. The summed E-state index contributed by atoms with van der Waals surface area (Å²) in [5.74, 6) is -2.10. The number of nitrogens with zero attached hydrogens (tertiary/aromatic N) is 1. The van der Waals surface area contributed by atoms with Crippen LogP contribution in [0.3, 0.4) is 0 Å². The first-order valence-electron chi connectivity index (χ1n) is 6.01. The zero-order chi connectivity index (χ0) is 14.6. The zero-order valence-electron chi connectivity index (χ0n) is 11.0. The van der Waals surface area contributed by atoms with Crippen molar-refractivity contribution in [2.24, 2.45) is 0 Å². The molecule has 0 saturated carbocycles. The van der Waals surface area contributed by atoms with E-state index in [2.05, 4.69) is 0 Å². The molecule has 108 valence electrons. The second-order valence-electron chi connectivity index (χ2n) is 4.34. The fraction of sp³-hybridized carbons (Fsp3) is 0.500. The Hall–Kier alpha value is -1.21. The Balaban J connectivity index is 3.03. The highest BCUT2D eigenvalue weighted by molar-refractivity contribution is 7.89. The second-order valence-corrected chi connectivity index (χ2v) is 6.35. The van der Waals surface area contributed by atoms with Gasteiger partial charge in [-0.1, -0.05) is 19.8 Å². The van der Waals surface area contributed by atoms with Gasteiger partial charge >= 0.3 is 0 Å². The van der Waals surface area contributed by atoms with Crippen molar-refractivity contribution in [3.63, 3.8) is 0 Å². The quantitative estimate of drug-likeness (QED) is 0.646. The summed E-state index contributed by atoms with van der Waals surface area (Å²) >= 11 is 0. The number of nitrogens with two attached hydrogens (primary N) is 1. The lowest BCUT2D eigenvalue weighted by molar-refractivity contribution is 0.448. The van der Waals surface area contributed by atoms with E-state index in [0.29, 0.717) is 12.5 Å². The van der Waals surface area contributed by atoms with Crippen LogP contribution in [-0.4, -0.2) is 26.3 Å². The van der Waals surface area contributed by atoms with Gasteiger partial charge in [0.15, 0.2) is 0 Å². The molecule has 0 aliphatic carbocycles. The van der Waals surface area contributed by atoms with Crippen LogP contribution in [0.4, 0.5) is 14.5 Å². The minimum absolute atomic E-state index is 0.285. The predicted octanol–water partition coefficient (Wildman–Crippen LogP) is 2.36. The van der Waals surface area contributed by atoms with Crippen molar-refractivity contribution < 1.29 is 17.2 Å². The van der Waals surface area contributed by atoms with Crippen LogP contribution in [0.25, 0.3) is 0 Å². The fourth-order valence-corrected chi connectivity index (χ4v) is 2.90. The molecule has 0 spiro atoms. The third-order valence-corrected chi connectivity index (χ3v) is 4.69. The van der Waals surface area contributed by atoms with Gasteiger partial charge in [-0.2, -0.15) is 0 Å². The number of hydrogen-bond donors (Lipinski definition) is 1. The molecular formula is C12H18F2N2O2S. The van der Waals surface area contributed by atoms with E-state index in [-0.39, 0.29) is 12.2 Å². The van der Waals surface area contributed by atoms with Gasteiger partial charge in [-0.3, -0.25) is 0 Å². The molecule has 0 aliphatic rings. The van der Waals surface area contributed by atoms with Crippen LogP contribution in [0.15, 0.2) is 17.0 Å². The number of anilines is 1. The Labute approximate surface area is 112 Å². The van der Waals surface area contributed by atoms with Crippen molar-refractivity contribution in [2.75, 3.05) is 19.3 Å². The van der Waals surface area contributed by atoms with Crippen LogP contribution in [0, 0.1) is 11.6 Å². The van der Waals surface area contributed by atoms with E-state index >= 15 is 0 Å². The number of sulfonamides is 1. The van der Waals surface area contributed by atoms with Gasteiger partial charge in [-0.05, 0) is 12.5 Å². The second kappa shape index (κ2) is 6.29. The molecule has 1 aromatic carbocycles. The summed E-state index contributed by atoms with van der Waals surface area (Å²) in [6.45, 7) is 2.28. The van der Waals surface area contributed by atoms with Gasteiger partial charge in [0.1, 0.15) is 16.5 Å². The van der Waals surface area contributed by atoms with Gasteiger partial charge in [0.2, 0.25) is 10.0 Å². The molecule has 0 unspecified atom stereocenters. The SMILES string of the molecule is CCCCCN(C)S(=O)(=O)c1cc(N)c(F)cc1F. The zero-order valence-corrected chi connectivity index (χ0v) is 11.8. The third-order valence-electron chi connectivity index (χ3n) is 2.82. The first kappa shape index (κ1) is 15.8. The first-order chi connectivity index (χ1) is 8.80. The number of rotatable bonds is 6. The molecule has 2 N–H and O–H groups in total. The van der Waals surface area contributed by atoms with Crippen molar-refractivity contribution in [1.82, 2.24) is 4.31 Å². The summed E-state index contributed by atoms with van der Waals surface area (Å²) in [4.78, 5) is -0.592. The van der Waals surface area contributed by atoms with Crippen molar-refractivity contribution >= 4 is 15.7 Å².